The Labute approximate surface area is 179 Å². The number of fused-ring (bicyclic) bond motifs is 1. The first kappa shape index (κ1) is 19.1. The van der Waals surface area contributed by atoms with E-state index < -0.39 is 0 Å². The van der Waals surface area contributed by atoms with Gasteiger partial charge < -0.3 is 14.4 Å². The van der Waals surface area contributed by atoms with Crippen LogP contribution < -0.4 is 9.47 Å². The minimum Gasteiger partial charge on any atom is -0.454 e. The molecule has 1 aromatic heterocycles. The van der Waals surface area contributed by atoms with E-state index in [4.69, 9.17) is 9.47 Å². The van der Waals surface area contributed by atoms with Crippen LogP contribution in [-0.2, 0) is 6.54 Å². The minimum absolute atomic E-state index is 0.00473. The van der Waals surface area contributed by atoms with Crippen LogP contribution in [0, 0.1) is 0 Å². The molecule has 6 nitrogen and oxygen atoms in total. The summed E-state index contributed by atoms with van der Waals surface area (Å²) in [5, 5.41) is 2.66. The summed E-state index contributed by atoms with van der Waals surface area (Å²) in [6, 6.07) is 16.4. The van der Waals surface area contributed by atoms with Gasteiger partial charge in [-0.15, -0.1) is 11.3 Å². The fourth-order valence-electron chi connectivity index (χ4n) is 4.00. The van der Waals surface area contributed by atoms with Crippen molar-refractivity contribution in [2.45, 2.75) is 19.5 Å². The molecule has 1 amide bonds. The molecule has 0 radical (unpaired) electrons. The predicted molar refractivity (Wildman–Crippen MR) is 116 cm³/mol. The molecule has 2 aromatic carbocycles. The third-order valence-corrected chi connectivity index (χ3v) is 6.46. The molecular weight excluding hydrogens is 398 g/mol. The lowest BCUT2D eigenvalue weighted by molar-refractivity contribution is 0.0471. The maximum atomic E-state index is 13.1. The van der Waals surface area contributed by atoms with Crippen molar-refractivity contribution < 1.29 is 14.3 Å². The number of rotatable bonds is 4. The first-order valence-electron chi connectivity index (χ1n) is 10.1. The van der Waals surface area contributed by atoms with Crippen molar-refractivity contribution >= 4 is 17.2 Å². The smallest absolute Gasteiger partial charge is 0.273 e. The molecule has 3 heterocycles. The number of hydrogen-bond donors (Lipinski definition) is 0. The van der Waals surface area contributed by atoms with Crippen LogP contribution in [-0.4, -0.2) is 53.2 Å². The van der Waals surface area contributed by atoms with E-state index in [2.05, 4.69) is 41.1 Å². The first-order valence-corrected chi connectivity index (χ1v) is 11.0. The van der Waals surface area contributed by atoms with E-state index >= 15 is 0 Å². The lowest BCUT2D eigenvalue weighted by Gasteiger charge is -2.39. The summed E-state index contributed by atoms with van der Waals surface area (Å²) in [6.07, 6.45) is 0. The van der Waals surface area contributed by atoms with Gasteiger partial charge in [-0.25, -0.2) is 4.98 Å². The molecule has 3 aromatic rings. The van der Waals surface area contributed by atoms with Gasteiger partial charge in [-0.05, 0) is 30.7 Å². The van der Waals surface area contributed by atoms with E-state index in [-0.39, 0.29) is 18.7 Å². The predicted octanol–water partition coefficient (Wildman–Crippen LogP) is 3.89. The summed E-state index contributed by atoms with van der Waals surface area (Å²) in [5.74, 6) is 1.47. The van der Waals surface area contributed by atoms with Crippen LogP contribution in [0.2, 0.25) is 0 Å². The van der Waals surface area contributed by atoms with Gasteiger partial charge in [0.25, 0.3) is 5.91 Å². The molecule has 5 rings (SSSR count). The lowest BCUT2D eigenvalue weighted by Crippen LogP contribution is -2.53. The highest BCUT2D eigenvalue weighted by Gasteiger charge is 2.29. The number of benzene rings is 2. The quantitative estimate of drug-likeness (QED) is 0.640. The number of piperazine rings is 1. The number of aromatic nitrogens is 1. The SMILES string of the molecule is CC1CN(Cc2ccccc2)CCN1C(=O)c1csc(-c2ccc3c(c2)OCO3)n1. The Morgan fingerprint density at radius 3 is 2.80 bits per heavy atom. The number of ether oxygens (including phenoxy) is 2. The van der Waals surface area contributed by atoms with E-state index in [0.29, 0.717) is 12.2 Å². The van der Waals surface area contributed by atoms with Gasteiger partial charge in [0.05, 0.1) is 0 Å². The van der Waals surface area contributed by atoms with Crippen LogP contribution >= 0.6 is 11.3 Å². The number of amides is 1. The Hall–Kier alpha value is -2.90. The van der Waals surface area contributed by atoms with Gasteiger partial charge in [0.2, 0.25) is 6.79 Å². The maximum Gasteiger partial charge on any atom is 0.273 e. The molecule has 0 saturated carbocycles. The molecule has 1 atom stereocenters. The third kappa shape index (κ3) is 3.78. The molecule has 1 unspecified atom stereocenters. The Morgan fingerprint density at radius 1 is 1.13 bits per heavy atom. The highest BCUT2D eigenvalue weighted by molar-refractivity contribution is 7.13. The average Bonchev–Trinajstić information content (AvgIpc) is 3.43. The largest absolute Gasteiger partial charge is 0.454 e. The van der Waals surface area contributed by atoms with Gasteiger partial charge in [-0.2, -0.15) is 0 Å². The molecule has 0 N–H and O–H groups in total. The van der Waals surface area contributed by atoms with Crippen LogP contribution in [0.4, 0.5) is 0 Å². The fraction of sp³-hybridized carbons (Fsp3) is 0.304. The van der Waals surface area contributed by atoms with Crippen LogP contribution in [0.1, 0.15) is 23.0 Å². The second-order valence-corrected chi connectivity index (χ2v) is 8.53. The van der Waals surface area contributed by atoms with Crippen molar-refractivity contribution in [3.63, 3.8) is 0 Å². The molecular formula is C23H23N3O3S. The van der Waals surface area contributed by atoms with Gasteiger partial charge in [0, 0.05) is 43.2 Å². The summed E-state index contributed by atoms with van der Waals surface area (Å²) >= 11 is 1.48. The highest BCUT2D eigenvalue weighted by Crippen LogP contribution is 2.36. The second kappa shape index (κ2) is 8.08. The normalized spacial score (nSPS) is 18.6. The first-order chi connectivity index (χ1) is 14.7. The van der Waals surface area contributed by atoms with Crippen molar-refractivity contribution in [3.8, 4) is 22.1 Å². The maximum absolute atomic E-state index is 13.1. The summed E-state index contributed by atoms with van der Waals surface area (Å²) in [7, 11) is 0. The molecule has 2 aliphatic heterocycles. The van der Waals surface area contributed by atoms with Gasteiger partial charge in [-0.3, -0.25) is 9.69 Å². The average molecular weight is 422 g/mol. The van der Waals surface area contributed by atoms with Crippen LogP contribution in [0.25, 0.3) is 10.6 Å². The van der Waals surface area contributed by atoms with E-state index in [1.54, 1.807) is 0 Å². The van der Waals surface area contributed by atoms with Gasteiger partial charge >= 0.3 is 0 Å². The van der Waals surface area contributed by atoms with Crippen molar-refractivity contribution in [3.05, 3.63) is 65.2 Å². The number of carbonyl (C=O) groups excluding carboxylic acids is 1. The fourth-order valence-corrected chi connectivity index (χ4v) is 4.79. The Morgan fingerprint density at radius 2 is 1.97 bits per heavy atom. The van der Waals surface area contributed by atoms with Crippen molar-refractivity contribution in [2.24, 2.45) is 0 Å². The van der Waals surface area contributed by atoms with E-state index in [1.807, 2.05) is 34.5 Å². The topological polar surface area (TPSA) is 54.9 Å². The molecule has 30 heavy (non-hydrogen) atoms. The molecule has 0 bridgehead atoms. The van der Waals surface area contributed by atoms with Crippen LogP contribution in [0.3, 0.4) is 0 Å². The van der Waals surface area contributed by atoms with Crippen LogP contribution in [0.5, 0.6) is 11.5 Å². The molecule has 1 fully saturated rings. The van der Waals surface area contributed by atoms with Gasteiger partial charge in [-0.1, -0.05) is 30.3 Å². The second-order valence-electron chi connectivity index (χ2n) is 7.67. The molecule has 2 aliphatic rings. The number of carbonyl (C=O) groups is 1. The molecule has 0 spiro atoms. The molecule has 154 valence electrons. The van der Waals surface area contributed by atoms with Crippen molar-refractivity contribution in [1.29, 1.82) is 0 Å². The van der Waals surface area contributed by atoms with E-state index in [1.165, 1.54) is 16.9 Å². The Kier molecular flexibility index (Phi) is 5.14. The summed E-state index contributed by atoms with van der Waals surface area (Å²) in [6.45, 7) is 5.71. The number of thiazole rings is 1. The molecule has 7 heteroatoms. The minimum atomic E-state index is 0.00473. The van der Waals surface area contributed by atoms with Gasteiger partial charge in [0.15, 0.2) is 11.5 Å². The van der Waals surface area contributed by atoms with E-state index in [0.717, 1.165) is 41.7 Å². The van der Waals surface area contributed by atoms with E-state index in [9.17, 15) is 4.79 Å². The molecule has 0 aliphatic carbocycles. The summed E-state index contributed by atoms with van der Waals surface area (Å²) < 4.78 is 10.8. The standard InChI is InChI=1S/C23H23N3O3S/c1-16-12-25(13-17-5-3-2-4-6-17)9-10-26(16)23(27)19-14-30-22(24-19)18-7-8-20-21(11-18)29-15-28-20/h2-8,11,14,16H,9-10,12-13,15H2,1H3. The number of nitrogens with zero attached hydrogens (tertiary/aromatic N) is 3. The summed E-state index contributed by atoms with van der Waals surface area (Å²) in [4.78, 5) is 22.1. The van der Waals surface area contributed by atoms with Gasteiger partial charge in [0.1, 0.15) is 10.7 Å². The summed E-state index contributed by atoms with van der Waals surface area (Å²) in [5.41, 5.74) is 2.75. The number of hydrogen-bond acceptors (Lipinski definition) is 6. The van der Waals surface area contributed by atoms with Crippen molar-refractivity contribution in [2.75, 3.05) is 26.4 Å². The third-order valence-electron chi connectivity index (χ3n) is 5.56. The lowest BCUT2D eigenvalue weighted by atomic mass is 10.1. The Bertz CT molecular complexity index is 1050. The zero-order valence-corrected chi connectivity index (χ0v) is 17.6. The highest BCUT2D eigenvalue weighted by atomic mass is 32.1. The van der Waals surface area contributed by atoms with Crippen LogP contribution in [0.15, 0.2) is 53.9 Å². The van der Waals surface area contributed by atoms with Crippen molar-refractivity contribution in [1.82, 2.24) is 14.8 Å². The monoisotopic (exact) mass is 421 g/mol. The zero-order chi connectivity index (χ0) is 20.5. The zero-order valence-electron chi connectivity index (χ0n) is 16.8. The Balaban J connectivity index is 1.25. The molecule has 1 saturated heterocycles.